The number of rotatable bonds is 6. The lowest BCUT2D eigenvalue weighted by Gasteiger charge is -2.04. The van der Waals surface area contributed by atoms with E-state index in [-0.39, 0.29) is 5.91 Å². The summed E-state index contributed by atoms with van der Waals surface area (Å²) in [4.78, 5) is 18.4. The van der Waals surface area contributed by atoms with E-state index in [0.717, 1.165) is 24.5 Å². The van der Waals surface area contributed by atoms with Gasteiger partial charge >= 0.3 is 0 Å². The van der Waals surface area contributed by atoms with Gasteiger partial charge < -0.3 is 15.6 Å². The molecule has 1 rings (SSSR count). The highest BCUT2D eigenvalue weighted by molar-refractivity contribution is 5.77. The second-order valence-electron chi connectivity index (χ2n) is 3.45. The van der Waals surface area contributed by atoms with Crippen molar-refractivity contribution in [2.75, 3.05) is 13.1 Å². The molecule has 1 aromatic rings. The Morgan fingerprint density at radius 2 is 2.40 bits per heavy atom. The van der Waals surface area contributed by atoms with Gasteiger partial charge in [0.05, 0.1) is 6.54 Å². The molecule has 5 heteroatoms. The largest absolute Gasteiger partial charge is 0.355 e. The first kappa shape index (κ1) is 11.7. The molecule has 0 unspecified atom stereocenters. The average Bonchev–Trinajstić information content (AvgIpc) is 2.61. The van der Waals surface area contributed by atoms with Gasteiger partial charge in [0.15, 0.2) is 0 Å². The van der Waals surface area contributed by atoms with E-state index in [1.54, 1.807) is 6.20 Å². The minimum Gasteiger partial charge on any atom is -0.355 e. The standard InChI is InChI=1S/C10H18N4O/c1-3-4-12-10(15)7-11-5-9-6-13-8(2)14-9/h6,11H,3-5,7H2,1-2H3,(H,12,15)(H,13,14). The molecule has 5 nitrogen and oxygen atoms in total. The molecule has 0 saturated carbocycles. The highest BCUT2D eigenvalue weighted by Crippen LogP contribution is 1.93. The lowest BCUT2D eigenvalue weighted by Crippen LogP contribution is -2.33. The van der Waals surface area contributed by atoms with Crippen LogP contribution in [0.2, 0.25) is 0 Å². The number of aromatic amines is 1. The lowest BCUT2D eigenvalue weighted by molar-refractivity contribution is -0.120. The van der Waals surface area contributed by atoms with Crippen LogP contribution >= 0.6 is 0 Å². The highest BCUT2D eigenvalue weighted by atomic mass is 16.1. The molecule has 1 heterocycles. The number of nitrogens with one attached hydrogen (secondary N) is 3. The first-order valence-electron chi connectivity index (χ1n) is 5.20. The monoisotopic (exact) mass is 210 g/mol. The van der Waals surface area contributed by atoms with Gasteiger partial charge in [-0.3, -0.25) is 4.79 Å². The van der Waals surface area contributed by atoms with Gasteiger partial charge in [-0.1, -0.05) is 6.92 Å². The molecule has 0 saturated heterocycles. The van der Waals surface area contributed by atoms with Gasteiger partial charge in [-0.05, 0) is 13.3 Å². The van der Waals surface area contributed by atoms with Crippen molar-refractivity contribution in [3.05, 3.63) is 17.7 Å². The second-order valence-corrected chi connectivity index (χ2v) is 3.45. The maximum absolute atomic E-state index is 11.2. The SMILES string of the molecule is CCCNC(=O)CNCc1cnc(C)[nH]1. The van der Waals surface area contributed by atoms with E-state index in [1.807, 2.05) is 13.8 Å². The number of hydrogen-bond donors (Lipinski definition) is 3. The Bertz CT molecular complexity index is 308. The minimum atomic E-state index is 0.0353. The second kappa shape index (κ2) is 6.19. The quantitative estimate of drug-likeness (QED) is 0.634. The van der Waals surface area contributed by atoms with E-state index in [2.05, 4.69) is 20.6 Å². The van der Waals surface area contributed by atoms with Crippen LogP contribution < -0.4 is 10.6 Å². The van der Waals surface area contributed by atoms with Crippen LogP contribution in [0.1, 0.15) is 24.9 Å². The van der Waals surface area contributed by atoms with E-state index in [4.69, 9.17) is 0 Å². The number of H-pyrrole nitrogens is 1. The van der Waals surface area contributed by atoms with Crippen molar-refractivity contribution >= 4 is 5.91 Å². The molecule has 1 amide bonds. The van der Waals surface area contributed by atoms with Crippen molar-refractivity contribution in [1.29, 1.82) is 0 Å². The first-order valence-corrected chi connectivity index (χ1v) is 5.20. The van der Waals surface area contributed by atoms with Crippen LogP contribution in [0.3, 0.4) is 0 Å². The average molecular weight is 210 g/mol. The van der Waals surface area contributed by atoms with E-state index in [9.17, 15) is 4.79 Å². The Kier molecular flexibility index (Phi) is 4.83. The molecule has 84 valence electrons. The number of hydrogen-bond acceptors (Lipinski definition) is 3. The molecule has 3 N–H and O–H groups in total. The van der Waals surface area contributed by atoms with Gasteiger partial charge in [-0.15, -0.1) is 0 Å². The smallest absolute Gasteiger partial charge is 0.233 e. The molecular formula is C10H18N4O. The summed E-state index contributed by atoms with van der Waals surface area (Å²) in [7, 11) is 0. The maximum Gasteiger partial charge on any atom is 0.233 e. The van der Waals surface area contributed by atoms with Gasteiger partial charge in [-0.2, -0.15) is 0 Å². The van der Waals surface area contributed by atoms with E-state index in [1.165, 1.54) is 0 Å². The van der Waals surface area contributed by atoms with Gasteiger partial charge in [0.1, 0.15) is 5.82 Å². The van der Waals surface area contributed by atoms with Crippen molar-refractivity contribution in [3.63, 3.8) is 0 Å². The highest BCUT2D eigenvalue weighted by Gasteiger charge is 2.00. The Labute approximate surface area is 89.7 Å². The zero-order valence-electron chi connectivity index (χ0n) is 9.26. The summed E-state index contributed by atoms with van der Waals surface area (Å²) in [6.07, 6.45) is 2.73. The van der Waals surface area contributed by atoms with Crippen LogP contribution in [0.5, 0.6) is 0 Å². The van der Waals surface area contributed by atoms with Crippen LogP contribution in [-0.4, -0.2) is 29.0 Å². The molecule has 0 radical (unpaired) electrons. The Morgan fingerprint density at radius 3 is 3.00 bits per heavy atom. The van der Waals surface area contributed by atoms with Crippen molar-refractivity contribution in [2.24, 2.45) is 0 Å². The van der Waals surface area contributed by atoms with Crippen molar-refractivity contribution in [2.45, 2.75) is 26.8 Å². The summed E-state index contributed by atoms with van der Waals surface area (Å²) < 4.78 is 0. The molecule has 0 fully saturated rings. The van der Waals surface area contributed by atoms with E-state index < -0.39 is 0 Å². The fourth-order valence-electron chi connectivity index (χ4n) is 1.20. The molecule has 0 spiro atoms. The van der Waals surface area contributed by atoms with Crippen molar-refractivity contribution < 1.29 is 4.79 Å². The van der Waals surface area contributed by atoms with Gasteiger partial charge in [0.2, 0.25) is 5.91 Å². The summed E-state index contributed by atoms with van der Waals surface area (Å²) in [6.45, 7) is 5.65. The molecule has 0 atom stereocenters. The van der Waals surface area contributed by atoms with Crippen LogP contribution in [0.15, 0.2) is 6.20 Å². The van der Waals surface area contributed by atoms with Gasteiger partial charge in [-0.25, -0.2) is 4.98 Å². The molecular weight excluding hydrogens is 192 g/mol. The van der Waals surface area contributed by atoms with Crippen LogP contribution in [0, 0.1) is 6.92 Å². The summed E-state index contributed by atoms with van der Waals surface area (Å²) in [6, 6.07) is 0. The lowest BCUT2D eigenvalue weighted by atomic mass is 10.4. The molecule has 0 aliphatic heterocycles. The summed E-state index contributed by atoms with van der Waals surface area (Å²) in [5, 5.41) is 5.84. The number of aromatic nitrogens is 2. The maximum atomic E-state index is 11.2. The fourth-order valence-corrected chi connectivity index (χ4v) is 1.20. The van der Waals surface area contributed by atoms with Gasteiger partial charge in [0.25, 0.3) is 0 Å². The third kappa shape index (κ3) is 4.60. The zero-order valence-corrected chi connectivity index (χ0v) is 9.26. The summed E-state index contributed by atoms with van der Waals surface area (Å²) in [5.74, 6) is 0.926. The number of aryl methyl sites for hydroxylation is 1. The van der Waals surface area contributed by atoms with Crippen molar-refractivity contribution in [3.8, 4) is 0 Å². The molecule has 1 aromatic heterocycles. The first-order chi connectivity index (χ1) is 7.22. The number of nitrogens with zero attached hydrogens (tertiary/aromatic N) is 1. The topological polar surface area (TPSA) is 69.8 Å². The third-order valence-corrected chi connectivity index (χ3v) is 1.93. The van der Waals surface area contributed by atoms with Crippen LogP contribution in [0.25, 0.3) is 0 Å². The predicted octanol–water partition coefficient (Wildman–Crippen LogP) is 0.334. The number of imidazole rings is 1. The van der Waals surface area contributed by atoms with Gasteiger partial charge in [0, 0.05) is 25.0 Å². The Balaban J connectivity index is 2.13. The Morgan fingerprint density at radius 1 is 1.60 bits per heavy atom. The minimum absolute atomic E-state index is 0.0353. The fraction of sp³-hybridized carbons (Fsp3) is 0.600. The Hall–Kier alpha value is -1.36. The summed E-state index contributed by atoms with van der Waals surface area (Å²) in [5.41, 5.74) is 0.996. The normalized spacial score (nSPS) is 10.3. The van der Waals surface area contributed by atoms with E-state index >= 15 is 0 Å². The molecule has 15 heavy (non-hydrogen) atoms. The molecule has 0 bridgehead atoms. The van der Waals surface area contributed by atoms with Crippen LogP contribution in [-0.2, 0) is 11.3 Å². The molecule has 0 aromatic carbocycles. The summed E-state index contributed by atoms with van der Waals surface area (Å²) >= 11 is 0. The number of carbonyl (C=O) groups excluding carboxylic acids is 1. The zero-order chi connectivity index (χ0) is 11.1. The molecule has 0 aliphatic carbocycles. The molecule has 0 aliphatic rings. The third-order valence-electron chi connectivity index (χ3n) is 1.93. The predicted molar refractivity (Wildman–Crippen MR) is 58.3 cm³/mol. The number of carbonyl (C=O) groups is 1. The van der Waals surface area contributed by atoms with Crippen LogP contribution in [0.4, 0.5) is 0 Å². The van der Waals surface area contributed by atoms with E-state index in [0.29, 0.717) is 13.1 Å². The van der Waals surface area contributed by atoms with Crippen molar-refractivity contribution in [1.82, 2.24) is 20.6 Å². The number of amides is 1.